The van der Waals surface area contributed by atoms with E-state index in [1.165, 1.54) is 30.9 Å². The van der Waals surface area contributed by atoms with Gasteiger partial charge in [0, 0.05) is 11.5 Å². The zero-order chi connectivity index (χ0) is 24.0. The summed E-state index contributed by atoms with van der Waals surface area (Å²) in [5.41, 5.74) is 0.921. The number of aliphatic hydroxyl groups is 1. The largest absolute Gasteiger partial charge is 0.472 e. The van der Waals surface area contributed by atoms with Crippen LogP contribution in [0.15, 0.2) is 35.2 Å². The van der Waals surface area contributed by atoms with Crippen molar-refractivity contribution < 1.29 is 23.8 Å². The van der Waals surface area contributed by atoms with Crippen LogP contribution in [0.2, 0.25) is 0 Å². The van der Waals surface area contributed by atoms with E-state index in [1.807, 2.05) is 13.2 Å². The summed E-state index contributed by atoms with van der Waals surface area (Å²) in [7, 11) is 0. The minimum Gasteiger partial charge on any atom is -0.472 e. The molecule has 0 aromatic carbocycles. The van der Waals surface area contributed by atoms with Crippen molar-refractivity contribution in [3.63, 3.8) is 0 Å². The first kappa shape index (κ1) is 24.1. The van der Waals surface area contributed by atoms with E-state index >= 15 is 0 Å². The van der Waals surface area contributed by atoms with E-state index in [1.54, 1.807) is 12.3 Å². The van der Waals surface area contributed by atoms with Gasteiger partial charge in [0.15, 0.2) is 0 Å². The van der Waals surface area contributed by atoms with Crippen LogP contribution >= 0.6 is 0 Å². The lowest BCUT2D eigenvalue weighted by molar-refractivity contribution is -0.206. The second-order valence-corrected chi connectivity index (χ2v) is 11.9. The van der Waals surface area contributed by atoms with Gasteiger partial charge in [0.25, 0.3) is 0 Å². The maximum atomic E-state index is 12.3. The van der Waals surface area contributed by atoms with E-state index < -0.39 is 5.60 Å². The number of esters is 1. The molecule has 0 amide bonds. The first-order valence-electron chi connectivity index (χ1n) is 13.5. The minimum absolute atomic E-state index is 0.0627. The maximum Gasteiger partial charge on any atom is 0.330 e. The molecular weight excluding hydrogens is 428 g/mol. The Hall–Kier alpha value is -1.59. The monoisotopic (exact) mass is 470 g/mol. The highest BCUT2D eigenvalue weighted by Gasteiger charge is 2.67. The van der Waals surface area contributed by atoms with E-state index in [2.05, 4.69) is 19.9 Å². The molecule has 1 aromatic rings. The van der Waals surface area contributed by atoms with Crippen LogP contribution in [0.4, 0.5) is 0 Å². The average Bonchev–Trinajstić information content (AvgIpc) is 3.43. The number of furan rings is 1. The van der Waals surface area contributed by atoms with E-state index in [9.17, 15) is 9.90 Å². The van der Waals surface area contributed by atoms with Crippen molar-refractivity contribution in [1.29, 1.82) is 0 Å². The maximum absolute atomic E-state index is 12.3. The summed E-state index contributed by atoms with van der Waals surface area (Å²) in [5, 5.41) is 12.3. The molecule has 4 aliphatic rings. The molecule has 5 nitrogen and oxygen atoms in total. The predicted molar refractivity (Wildman–Crippen MR) is 130 cm³/mol. The van der Waals surface area contributed by atoms with Gasteiger partial charge in [-0.25, -0.2) is 4.79 Å². The third-order valence-electron chi connectivity index (χ3n) is 10.7. The van der Waals surface area contributed by atoms with Gasteiger partial charge in [0.05, 0.1) is 37.4 Å². The van der Waals surface area contributed by atoms with Crippen LogP contribution in [0.1, 0.15) is 90.0 Å². The molecule has 4 fully saturated rings. The Balaban J connectivity index is 1.25. The molecule has 0 radical (unpaired) electrons. The van der Waals surface area contributed by atoms with Crippen LogP contribution in [-0.4, -0.2) is 36.0 Å². The molecule has 5 heteroatoms. The molecule has 4 aliphatic carbocycles. The molecule has 1 N–H and O–H groups in total. The summed E-state index contributed by atoms with van der Waals surface area (Å²) in [4.78, 5) is 11.5. The van der Waals surface area contributed by atoms with Crippen LogP contribution < -0.4 is 0 Å². The molecule has 0 spiro atoms. The highest BCUT2D eigenvalue weighted by Crippen LogP contribution is 2.70. The normalized spacial score (nSPS) is 43.8. The molecule has 188 valence electrons. The van der Waals surface area contributed by atoms with E-state index in [-0.39, 0.29) is 22.9 Å². The summed E-state index contributed by atoms with van der Waals surface area (Å²) in [6.07, 6.45) is 17.1. The first-order valence-corrected chi connectivity index (χ1v) is 13.5. The van der Waals surface area contributed by atoms with Crippen molar-refractivity contribution in [2.45, 2.75) is 96.2 Å². The van der Waals surface area contributed by atoms with Crippen LogP contribution in [-0.2, 0) is 14.3 Å². The van der Waals surface area contributed by atoms with E-state index in [0.29, 0.717) is 36.9 Å². The summed E-state index contributed by atoms with van der Waals surface area (Å²) in [6, 6.07) is 2.11. The molecule has 1 heterocycles. The summed E-state index contributed by atoms with van der Waals surface area (Å²) < 4.78 is 16.5. The number of fused-ring (bicyclic) bond motifs is 5. The lowest BCUT2D eigenvalue weighted by atomic mass is 9.43. The van der Waals surface area contributed by atoms with Gasteiger partial charge in [-0.2, -0.15) is 0 Å². The van der Waals surface area contributed by atoms with Crippen molar-refractivity contribution in [3.05, 3.63) is 36.3 Å². The van der Waals surface area contributed by atoms with E-state index in [4.69, 9.17) is 13.9 Å². The van der Waals surface area contributed by atoms with Gasteiger partial charge in [-0.1, -0.05) is 19.9 Å². The van der Waals surface area contributed by atoms with E-state index in [0.717, 1.165) is 38.5 Å². The first-order chi connectivity index (χ1) is 16.3. The van der Waals surface area contributed by atoms with Crippen molar-refractivity contribution in [1.82, 2.24) is 0 Å². The Morgan fingerprint density at radius 2 is 2.00 bits per heavy atom. The molecule has 5 rings (SSSR count). The number of hydrogen-bond donors (Lipinski definition) is 1. The standard InChI is InChI=1S/C29H42O5/c1-4-33-26(30)6-5-16-34-22-9-13-27(2)21(18-22)7-8-25-24(27)10-14-28(3)23(11-15-29(25,28)31)20-12-17-32-19-20/h5-6,12,17,19,21-25,31H,4,7-11,13-16,18H2,1-3H3/t21-,22+,23-,24+,25-,27+,28-,29+/m1/s1. The zero-order valence-corrected chi connectivity index (χ0v) is 21.1. The highest BCUT2D eigenvalue weighted by atomic mass is 16.5. The Labute approximate surface area is 204 Å². The number of ether oxygens (including phenoxy) is 2. The summed E-state index contributed by atoms with van der Waals surface area (Å²) in [5.74, 6) is 1.74. The van der Waals surface area contributed by atoms with Gasteiger partial charge in [-0.3, -0.25) is 0 Å². The molecule has 0 saturated heterocycles. The topological polar surface area (TPSA) is 68.9 Å². The average molecular weight is 471 g/mol. The lowest BCUT2D eigenvalue weighted by Gasteiger charge is -2.63. The van der Waals surface area contributed by atoms with Crippen molar-refractivity contribution in [2.24, 2.45) is 28.6 Å². The van der Waals surface area contributed by atoms with Crippen LogP contribution in [0.25, 0.3) is 0 Å². The van der Waals surface area contributed by atoms with Gasteiger partial charge in [-0.15, -0.1) is 0 Å². The van der Waals surface area contributed by atoms with Crippen LogP contribution in [0.3, 0.4) is 0 Å². The molecule has 4 saturated carbocycles. The van der Waals surface area contributed by atoms with Gasteiger partial charge >= 0.3 is 5.97 Å². The van der Waals surface area contributed by atoms with Crippen LogP contribution in [0, 0.1) is 28.6 Å². The fraction of sp³-hybridized carbons (Fsp3) is 0.759. The Morgan fingerprint density at radius 3 is 2.76 bits per heavy atom. The number of carbonyl (C=O) groups is 1. The second kappa shape index (κ2) is 9.13. The van der Waals surface area contributed by atoms with Crippen molar-refractivity contribution in [3.8, 4) is 0 Å². The third-order valence-corrected chi connectivity index (χ3v) is 10.7. The molecule has 0 bridgehead atoms. The van der Waals surface area contributed by atoms with Gasteiger partial charge in [0.2, 0.25) is 0 Å². The summed E-state index contributed by atoms with van der Waals surface area (Å²) >= 11 is 0. The summed E-state index contributed by atoms with van der Waals surface area (Å²) in [6.45, 7) is 7.54. The lowest BCUT2D eigenvalue weighted by Crippen LogP contribution is -2.62. The van der Waals surface area contributed by atoms with Crippen molar-refractivity contribution in [2.75, 3.05) is 13.2 Å². The smallest absolute Gasteiger partial charge is 0.330 e. The molecular formula is C29H42O5. The highest BCUT2D eigenvalue weighted by molar-refractivity contribution is 5.81. The number of rotatable bonds is 6. The molecule has 34 heavy (non-hydrogen) atoms. The minimum atomic E-state index is -0.572. The number of carbonyl (C=O) groups excluding carboxylic acids is 1. The number of hydrogen-bond acceptors (Lipinski definition) is 5. The van der Waals surface area contributed by atoms with Crippen molar-refractivity contribution >= 4 is 5.97 Å². The van der Waals surface area contributed by atoms with Crippen LogP contribution in [0.5, 0.6) is 0 Å². The fourth-order valence-corrected chi connectivity index (χ4v) is 8.87. The quantitative estimate of drug-likeness (QED) is 0.406. The van der Waals surface area contributed by atoms with Gasteiger partial charge < -0.3 is 19.0 Å². The zero-order valence-electron chi connectivity index (χ0n) is 21.1. The third kappa shape index (κ3) is 3.78. The van der Waals surface area contributed by atoms with Gasteiger partial charge in [-0.05, 0) is 105 Å². The fourth-order valence-electron chi connectivity index (χ4n) is 8.87. The molecule has 8 atom stereocenters. The molecule has 0 aliphatic heterocycles. The molecule has 1 aromatic heterocycles. The Bertz CT molecular complexity index is 892. The predicted octanol–water partition coefficient (Wildman–Crippen LogP) is 6.03. The second-order valence-electron chi connectivity index (χ2n) is 11.9. The SMILES string of the molecule is CCOC(=O)C=CCO[C@H]1CC[C@@]2(C)[C@H](CC[C@@H]3[C@@H]2CC[C@]2(C)[C@@H](c4ccoc4)CC[C@]32O)C1. The Kier molecular flexibility index (Phi) is 6.48. The Morgan fingerprint density at radius 1 is 1.15 bits per heavy atom. The van der Waals surface area contributed by atoms with Gasteiger partial charge in [0.1, 0.15) is 0 Å². The molecule has 0 unspecified atom stereocenters.